The highest BCUT2D eigenvalue weighted by Gasteiger charge is 2.17. The van der Waals surface area contributed by atoms with Gasteiger partial charge in [0, 0.05) is 5.33 Å². The van der Waals surface area contributed by atoms with Gasteiger partial charge in [-0.25, -0.2) is 0 Å². The number of nitrogens with zero attached hydrogens (tertiary/aromatic N) is 1. The van der Waals surface area contributed by atoms with E-state index < -0.39 is 12.2 Å². The van der Waals surface area contributed by atoms with Crippen LogP contribution >= 0.6 is 27.5 Å². The molecule has 5 heteroatoms. The number of nitriles is 1. The fourth-order valence-electron chi connectivity index (χ4n) is 1.12. The van der Waals surface area contributed by atoms with Gasteiger partial charge in [0.1, 0.15) is 12.2 Å². The number of aliphatic hydroxyl groups excluding tert-OH is 2. The van der Waals surface area contributed by atoms with Crippen LogP contribution in [0.2, 0.25) is 5.02 Å². The normalized spacial score (nSPS) is 14.3. The molecular formula is C10H9BrClNO2. The Labute approximate surface area is 101 Å². The number of rotatable bonds is 3. The second-order valence-electron chi connectivity index (χ2n) is 3.02. The van der Waals surface area contributed by atoms with Gasteiger partial charge in [-0.05, 0) is 17.7 Å². The molecule has 0 aliphatic heterocycles. The fraction of sp³-hybridized carbons (Fsp3) is 0.300. The lowest BCUT2D eigenvalue weighted by Gasteiger charge is -2.16. The number of aliphatic hydroxyl groups is 2. The minimum atomic E-state index is -1.02. The van der Waals surface area contributed by atoms with Crippen molar-refractivity contribution >= 4 is 27.5 Å². The van der Waals surface area contributed by atoms with Crippen molar-refractivity contribution in [1.29, 1.82) is 5.26 Å². The molecular weight excluding hydrogens is 281 g/mol. The van der Waals surface area contributed by atoms with Gasteiger partial charge in [0.05, 0.1) is 16.7 Å². The molecule has 2 atom stereocenters. The second kappa shape index (κ2) is 5.47. The minimum absolute atomic E-state index is 0.263. The van der Waals surface area contributed by atoms with Crippen LogP contribution in [-0.2, 0) is 0 Å². The maximum atomic E-state index is 9.67. The van der Waals surface area contributed by atoms with Gasteiger partial charge in [0.2, 0.25) is 0 Å². The first kappa shape index (κ1) is 12.5. The van der Waals surface area contributed by atoms with Crippen molar-refractivity contribution in [2.75, 3.05) is 5.33 Å². The van der Waals surface area contributed by atoms with Crippen molar-refractivity contribution in [1.82, 2.24) is 0 Å². The second-order valence-corrected chi connectivity index (χ2v) is 4.07. The molecule has 0 amide bonds. The zero-order chi connectivity index (χ0) is 11.4. The van der Waals surface area contributed by atoms with E-state index in [0.717, 1.165) is 0 Å². The summed E-state index contributed by atoms with van der Waals surface area (Å²) in [5.41, 5.74) is 0.762. The van der Waals surface area contributed by atoms with E-state index in [1.165, 1.54) is 12.1 Å². The number of alkyl halides is 1. The number of benzene rings is 1. The Morgan fingerprint density at radius 3 is 2.67 bits per heavy atom. The third-order valence-electron chi connectivity index (χ3n) is 1.97. The van der Waals surface area contributed by atoms with E-state index in [1.54, 1.807) is 6.07 Å². The summed E-state index contributed by atoms with van der Waals surface area (Å²) in [6, 6.07) is 6.49. The molecule has 0 saturated carbocycles. The molecule has 0 aromatic heterocycles. The highest BCUT2D eigenvalue weighted by molar-refractivity contribution is 9.09. The molecule has 1 rings (SSSR count). The lowest BCUT2D eigenvalue weighted by molar-refractivity contribution is 0.0342. The van der Waals surface area contributed by atoms with Crippen LogP contribution in [0.1, 0.15) is 17.2 Å². The molecule has 0 spiro atoms. The van der Waals surface area contributed by atoms with Gasteiger partial charge < -0.3 is 10.2 Å². The van der Waals surface area contributed by atoms with Gasteiger partial charge in [-0.2, -0.15) is 5.26 Å². The van der Waals surface area contributed by atoms with Crippen molar-refractivity contribution in [3.05, 3.63) is 34.3 Å². The van der Waals surface area contributed by atoms with Crippen LogP contribution in [0.4, 0.5) is 0 Å². The van der Waals surface area contributed by atoms with Crippen LogP contribution in [0.3, 0.4) is 0 Å². The Balaban J connectivity index is 3.02. The summed E-state index contributed by atoms with van der Waals surface area (Å²) >= 11 is 8.80. The van der Waals surface area contributed by atoms with Gasteiger partial charge in [0.15, 0.2) is 0 Å². The van der Waals surface area contributed by atoms with E-state index >= 15 is 0 Å². The van der Waals surface area contributed by atoms with Gasteiger partial charge in [-0.1, -0.05) is 33.6 Å². The monoisotopic (exact) mass is 289 g/mol. The Kier molecular flexibility index (Phi) is 4.55. The van der Waals surface area contributed by atoms with Gasteiger partial charge in [-0.15, -0.1) is 0 Å². The summed E-state index contributed by atoms with van der Waals surface area (Å²) in [4.78, 5) is 0. The fourth-order valence-corrected chi connectivity index (χ4v) is 1.63. The molecule has 1 aromatic carbocycles. The Bertz CT molecular complexity index is 391. The van der Waals surface area contributed by atoms with E-state index in [1.807, 2.05) is 6.07 Å². The SMILES string of the molecule is N#Cc1cc(C(O)C(O)CBr)ccc1Cl. The number of halogens is 2. The molecule has 0 bridgehead atoms. The first-order valence-corrected chi connectivity index (χ1v) is 5.71. The van der Waals surface area contributed by atoms with Gasteiger partial charge in [-0.3, -0.25) is 0 Å². The van der Waals surface area contributed by atoms with Crippen LogP contribution in [-0.4, -0.2) is 21.6 Å². The maximum Gasteiger partial charge on any atom is 0.106 e. The summed E-state index contributed by atoms with van der Waals surface area (Å²) in [5.74, 6) is 0. The zero-order valence-corrected chi connectivity index (χ0v) is 10.0. The van der Waals surface area contributed by atoms with Crippen molar-refractivity contribution in [3.63, 3.8) is 0 Å². The lowest BCUT2D eigenvalue weighted by Crippen LogP contribution is -2.19. The zero-order valence-electron chi connectivity index (χ0n) is 7.69. The minimum Gasteiger partial charge on any atom is -0.389 e. The molecule has 0 radical (unpaired) electrons. The van der Waals surface area contributed by atoms with Crippen molar-refractivity contribution in [3.8, 4) is 6.07 Å². The largest absolute Gasteiger partial charge is 0.389 e. The average molecular weight is 291 g/mol. The Hall–Kier alpha value is -0.600. The Morgan fingerprint density at radius 2 is 2.13 bits per heavy atom. The van der Waals surface area contributed by atoms with E-state index in [0.29, 0.717) is 10.6 Å². The molecule has 0 heterocycles. The van der Waals surface area contributed by atoms with E-state index in [4.69, 9.17) is 16.9 Å². The highest BCUT2D eigenvalue weighted by Crippen LogP contribution is 2.23. The van der Waals surface area contributed by atoms with Crippen molar-refractivity contribution in [2.45, 2.75) is 12.2 Å². The molecule has 2 N–H and O–H groups in total. The van der Waals surface area contributed by atoms with Crippen molar-refractivity contribution in [2.24, 2.45) is 0 Å². The molecule has 0 fully saturated rings. The molecule has 15 heavy (non-hydrogen) atoms. The summed E-state index contributed by atoms with van der Waals surface area (Å²) in [5, 5.41) is 28.4. The standard InChI is InChI=1S/C10H9BrClNO2/c11-4-9(14)10(15)6-1-2-8(12)7(3-6)5-13/h1-3,9-10,14-15H,4H2. The maximum absolute atomic E-state index is 9.67. The van der Waals surface area contributed by atoms with Crippen LogP contribution in [0.5, 0.6) is 0 Å². The third-order valence-corrected chi connectivity index (χ3v) is 2.97. The summed E-state index contributed by atoms with van der Waals surface area (Å²) < 4.78 is 0. The summed E-state index contributed by atoms with van der Waals surface area (Å²) in [6.07, 6.45) is -1.92. The predicted molar refractivity (Wildman–Crippen MR) is 60.9 cm³/mol. The topological polar surface area (TPSA) is 64.2 Å². The first-order valence-electron chi connectivity index (χ1n) is 4.21. The first-order chi connectivity index (χ1) is 7.10. The molecule has 0 aliphatic rings. The van der Waals surface area contributed by atoms with Crippen LogP contribution in [0.25, 0.3) is 0 Å². The lowest BCUT2D eigenvalue weighted by atomic mass is 10.0. The summed E-state index contributed by atoms with van der Waals surface area (Å²) in [7, 11) is 0. The highest BCUT2D eigenvalue weighted by atomic mass is 79.9. The Morgan fingerprint density at radius 1 is 1.47 bits per heavy atom. The smallest absolute Gasteiger partial charge is 0.106 e. The molecule has 0 saturated heterocycles. The van der Waals surface area contributed by atoms with Crippen LogP contribution < -0.4 is 0 Å². The van der Waals surface area contributed by atoms with E-state index in [9.17, 15) is 10.2 Å². The molecule has 0 aliphatic carbocycles. The molecule has 2 unspecified atom stereocenters. The third kappa shape index (κ3) is 2.93. The van der Waals surface area contributed by atoms with Gasteiger partial charge in [0.25, 0.3) is 0 Å². The van der Waals surface area contributed by atoms with Gasteiger partial charge >= 0.3 is 0 Å². The number of hydrogen-bond acceptors (Lipinski definition) is 3. The van der Waals surface area contributed by atoms with Crippen molar-refractivity contribution < 1.29 is 10.2 Å². The van der Waals surface area contributed by atoms with Crippen LogP contribution in [0.15, 0.2) is 18.2 Å². The van der Waals surface area contributed by atoms with Crippen LogP contribution in [0, 0.1) is 11.3 Å². The summed E-state index contributed by atoms with van der Waals surface area (Å²) in [6.45, 7) is 0. The predicted octanol–water partition coefficient (Wildman–Crippen LogP) is 2.00. The molecule has 3 nitrogen and oxygen atoms in total. The molecule has 1 aromatic rings. The van der Waals surface area contributed by atoms with E-state index in [-0.39, 0.29) is 10.9 Å². The molecule has 80 valence electrons. The van der Waals surface area contributed by atoms with E-state index in [2.05, 4.69) is 15.9 Å². The quantitative estimate of drug-likeness (QED) is 0.837. The average Bonchev–Trinajstić information content (AvgIpc) is 2.27. The number of hydrogen-bond donors (Lipinski definition) is 2.